The molecule has 1 aliphatic carbocycles. The largest absolute Gasteiger partial charge is 0.508 e. The van der Waals surface area contributed by atoms with E-state index in [9.17, 15) is 9.50 Å². The van der Waals surface area contributed by atoms with Crippen molar-refractivity contribution in [2.45, 2.75) is 80.9 Å². The van der Waals surface area contributed by atoms with Gasteiger partial charge in [-0.2, -0.15) is 15.1 Å². The summed E-state index contributed by atoms with van der Waals surface area (Å²) in [6.07, 6.45) is 13.1. The Morgan fingerprint density at radius 3 is 2.59 bits per heavy atom. The zero-order valence-corrected chi connectivity index (χ0v) is 30.4. The van der Waals surface area contributed by atoms with E-state index in [2.05, 4.69) is 20.6 Å². The van der Waals surface area contributed by atoms with Gasteiger partial charge >= 0.3 is 6.01 Å². The number of terminal acetylenes is 1. The van der Waals surface area contributed by atoms with Crippen molar-refractivity contribution in [1.29, 1.82) is 0 Å². The highest BCUT2D eigenvalue weighted by Gasteiger charge is 2.50. The predicted molar refractivity (Wildman–Crippen MR) is 199 cm³/mol. The Kier molecular flexibility index (Phi) is 7.81. The topological polar surface area (TPSA) is 92.0 Å². The minimum absolute atomic E-state index is 0.0222. The number of anilines is 1. The van der Waals surface area contributed by atoms with Crippen LogP contribution in [0.5, 0.6) is 11.8 Å². The molecule has 4 atom stereocenters. The molecule has 13 heteroatoms. The van der Waals surface area contributed by atoms with Gasteiger partial charge in [0.1, 0.15) is 41.2 Å². The molecule has 1 N–H and O–H groups in total. The maximum Gasteiger partial charge on any atom is 0.319 e. The second-order valence-corrected chi connectivity index (χ2v) is 16.1. The zero-order valence-electron chi connectivity index (χ0n) is 30.4. The highest BCUT2D eigenvalue weighted by Crippen LogP contribution is 2.48. The number of fused-ring (bicyclic) bond motifs is 7. The number of likely N-dealkylation sites (tertiary alicyclic amines) is 1. The maximum absolute atomic E-state index is 17.8. The van der Waals surface area contributed by atoms with E-state index in [0.29, 0.717) is 52.6 Å². The number of aromatic nitrogens is 4. The number of piperazine rings is 1. The predicted octanol–water partition coefficient (Wildman–Crippen LogP) is 6.09. The number of aryl methyl sites for hydroxylation is 1. The van der Waals surface area contributed by atoms with Crippen molar-refractivity contribution in [3.8, 4) is 35.2 Å². The molecular formula is C41H42F3N7O3. The van der Waals surface area contributed by atoms with E-state index in [4.69, 9.17) is 31.0 Å². The van der Waals surface area contributed by atoms with Crippen LogP contribution in [-0.4, -0.2) is 110 Å². The summed E-state index contributed by atoms with van der Waals surface area (Å²) in [7, 11) is 3.54. The lowest BCUT2D eigenvalue weighted by Gasteiger charge is -2.49. The number of halogens is 3. The second kappa shape index (κ2) is 12.4. The van der Waals surface area contributed by atoms with Crippen LogP contribution in [0.15, 0.2) is 30.5 Å². The van der Waals surface area contributed by atoms with E-state index in [1.165, 1.54) is 24.3 Å². The molecule has 10 nitrogen and oxygen atoms in total. The number of hydrogen-bond acceptors (Lipinski definition) is 9. The number of phenolic OH excluding ortho intramolecular Hbond substituents is 1. The maximum atomic E-state index is 17.8. The van der Waals surface area contributed by atoms with E-state index >= 15 is 8.78 Å². The summed E-state index contributed by atoms with van der Waals surface area (Å²) in [5.74, 6) is 1.56. The Hall–Kier alpha value is -4.64. The number of alkyl halides is 1. The van der Waals surface area contributed by atoms with Crippen molar-refractivity contribution in [2.75, 3.05) is 44.8 Å². The monoisotopic (exact) mass is 737 g/mol. The molecule has 3 aromatic carbocycles. The average molecular weight is 738 g/mol. The summed E-state index contributed by atoms with van der Waals surface area (Å²) in [5, 5.41) is 17.5. The summed E-state index contributed by atoms with van der Waals surface area (Å²) in [4.78, 5) is 17.0. The molecule has 54 heavy (non-hydrogen) atoms. The number of nitrogens with zero attached hydrogens (tertiary/aromatic N) is 7. The summed E-state index contributed by atoms with van der Waals surface area (Å²) in [6, 6.07) is 6.39. The molecule has 1 saturated carbocycles. The SMILES string of the molecule is C#Cc1c(F)ccc2cc(O)cc(-c3c(F)c4nc(OC[C@@]56CCCN5C[C@H](F)C6)nc(N5[C@@H]6CC[C@H]5CN(C5CC(OC)C5)C6)c4c4cn(C)nc34)c12. The number of ether oxygens (including phenoxy) is 2. The van der Waals surface area contributed by atoms with Crippen LogP contribution >= 0.6 is 0 Å². The first kappa shape index (κ1) is 33.9. The molecule has 280 valence electrons. The molecule has 5 aromatic rings. The Morgan fingerprint density at radius 1 is 1.04 bits per heavy atom. The molecule has 10 rings (SSSR count). The lowest BCUT2D eigenvalue weighted by Crippen LogP contribution is -2.60. The van der Waals surface area contributed by atoms with Crippen molar-refractivity contribution >= 4 is 38.4 Å². The third-order valence-corrected chi connectivity index (χ3v) is 13.0. The summed E-state index contributed by atoms with van der Waals surface area (Å²) < 4.78 is 61.5. The first-order valence-corrected chi connectivity index (χ1v) is 19.0. The Morgan fingerprint density at radius 2 is 1.83 bits per heavy atom. The van der Waals surface area contributed by atoms with Crippen LogP contribution in [0.1, 0.15) is 50.5 Å². The summed E-state index contributed by atoms with van der Waals surface area (Å²) in [5.41, 5.74) is 0.0790. The van der Waals surface area contributed by atoms with Crippen LogP contribution in [0.4, 0.5) is 19.0 Å². The van der Waals surface area contributed by atoms with Gasteiger partial charge in [-0.25, -0.2) is 13.2 Å². The minimum atomic E-state index is -0.933. The van der Waals surface area contributed by atoms with Crippen LogP contribution in [0.3, 0.4) is 0 Å². The highest BCUT2D eigenvalue weighted by atomic mass is 19.1. The fourth-order valence-corrected chi connectivity index (χ4v) is 10.4. The van der Waals surface area contributed by atoms with E-state index in [0.717, 1.165) is 58.2 Å². The van der Waals surface area contributed by atoms with E-state index < -0.39 is 23.3 Å². The van der Waals surface area contributed by atoms with Crippen molar-refractivity contribution in [1.82, 2.24) is 29.5 Å². The van der Waals surface area contributed by atoms with E-state index in [-0.39, 0.29) is 58.0 Å². The van der Waals surface area contributed by atoms with E-state index in [1.807, 2.05) is 6.20 Å². The molecule has 2 bridgehead atoms. The lowest BCUT2D eigenvalue weighted by molar-refractivity contribution is -0.0328. The van der Waals surface area contributed by atoms with Gasteiger partial charge < -0.3 is 19.5 Å². The van der Waals surface area contributed by atoms with Crippen molar-refractivity contribution in [2.24, 2.45) is 7.05 Å². The second-order valence-electron chi connectivity index (χ2n) is 16.1. The Bertz CT molecular complexity index is 2380. The molecule has 0 spiro atoms. The third-order valence-electron chi connectivity index (χ3n) is 13.0. The number of hydrogen-bond donors (Lipinski definition) is 1. The lowest BCUT2D eigenvalue weighted by atomic mass is 9.87. The molecule has 5 aliphatic rings. The smallest absolute Gasteiger partial charge is 0.319 e. The quantitative estimate of drug-likeness (QED) is 0.200. The fourth-order valence-electron chi connectivity index (χ4n) is 10.4. The van der Waals surface area contributed by atoms with Crippen molar-refractivity contribution in [3.05, 3.63) is 47.7 Å². The first-order chi connectivity index (χ1) is 26.1. The highest BCUT2D eigenvalue weighted by molar-refractivity contribution is 6.18. The number of methoxy groups -OCH3 is 1. The van der Waals surface area contributed by atoms with Gasteiger partial charge in [0, 0.05) is 80.9 Å². The molecular weight excluding hydrogens is 695 g/mol. The summed E-state index contributed by atoms with van der Waals surface area (Å²) in [6.45, 7) is 3.07. The minimum Gasteiger partial charge on any atom is -0.508 e. The number of phenols is 1. The van der Waals surface area contributed by atoms with Gasteiger partial charge in [0.15, 0.2) is 5.82 Å². The summed E-state index contributed by atoms with van der Waals surface area (Å²) >= 11 is 0. The third kappa shape index (κ3) is 5.09. The average Bonchev–Trinajstić information content (AvgIpc) is 3.85. The molecule has 2 aromatic heterocycles. The normalized spacial score (nSPS) is 28.3. The van der Waals surface area contributed by atoms with Gasteiger partial charge in [-0.3, -0.25) is 14.5 Å². The van der Waals surface area contributed by atoms with Crippen molar-refractivity contribution in [3.63, 3.8) is 0 Å². The van der Waals surface area contributed by atoms with Gasteiger partial charge in [-0.05, 0) is 74.2 Å². The van der Waals surface area contributed by atoms with Crippen LogP contribution in [0, 0.1) is 24.0 Å². The van der Waals surface area contributed by atoms with Gasteiger partial charge in [-0.15, -0.1) is 6.42 Å². The Labute approximate surface area is 310 Å². The zero-order chi connectivity index (χ0) is 37.0. The molecule has 0 radical (unpaired) electrons. The van der Waals surface area contributed by atoms with Gasteiger partial charge in [0.25, 0.3) is 0 Å². The van der Waals surface area contributed by atoms with Gasteiger partial charge in [-0.1, -0.05) is 12.0 Å². The molecule has 5 fully saturated rings. The number of benzene rings is 3. The molecule has 6 heterocycles. The van der Waals surface area contributed by atoms with Gasteiger partial charge in [0.05, 0.1) is 22.6 Å². The van der Waals surface area contributed by atoms with Crippen LogP contribution in [0.25, 0.3) is 43.7 Å². The van der Waals surface area contributed by atoms with Crippen LogP contribution in [0.2, 0.25) is 0 Å². The standard InChI is InChI=1S/C41H42F3N7O3/c1-4-29-32(43)9-6-22-12-27(52)15-30(33(22)29)34-36(44)38-35(31-20-48(2)47-37(31)34)39(46-40(45-38)54-21-41-10-5-11-50(41)17-23(42)16-41)51-24-7-8-25(51)19-49(18-24)26-13-28(14-26)53-3/h1,6,9,12,15,20,23-26,28,52H,5,7-8,10-11,13-14,16-19,21H2,2-3H3/t23-,24-,25+,26?,28?,41+/m1/s1. The molecule has 4 aliphatic heterocycles. The van der Waals surface area contributed by atoms with Crippen LogP contribution < -0.4 is 9.64 Å². The fraction of sp³-hybridized carbons (Fsp3) is 0.488. The number of aromatic hydroxyl groups is 1. The van der Waals surface area contributed by atoms with Gasteiger partial charge in [0.2, 0.25) is 0 Å². The Balaban J connectivity index is 1.17. The molecule has 4 saturated heterocycles. The van der Waals surface area contributed by atoms with E-state index in [1.54, 1.807) is 18.8 Å². The molecule has 0 amide bonds. The molecule has 0 unspecified atom stereocenters. The van der Waals surface area contributed by atoms with Crippen molar-refractivity contribution < 1.29 is 27.8 Å². The first-order valence-electron chi connectivity index (χ1n) is 19.0. The number of rotatable bonds is 7. The van der Waals surface area contributed by atoms with Crippen LogP contribution in [-0.2, 0) is 11.8 Å².